The van der Waals surface area contributed by atoms with Gasteiger partial charge in [0.25, 0.3) is 5.91 Å². The summed E-state index contributed by atoms with van der Waals surface area (Å²) in [6.45, 7) is -0.115. The largest absolute Gasteiger partial charge is 0.457 e. The lowest BCUT2D eigenvalue weighted by atomic mass is 10.1. The van der Waals surface area contributed by atoms with E-state index in [0.29, 0.717) is 22.5 Å². The lowest BCUT2D eigenvalue weighted by molar-refractivity contribution is -0.127. The molecule has 1 amide bonds. The van der Waals surface area contributed by atoms with Crippen LogP contribution in [-0.2, 0) is 23.0 Å². The summed E-state index contributed by atoms with van der Waals surface area (Å²) < 4.78 is 64.8. The smallest absolute Gasteiger partial charge is 0.393 e. The molecule has 0 unspecified atom stereocenters. The van der Waals surface area contributed by atoms with E-state index >= 15 is 0 Å². The Labute approximate surface area is 202 Å². The fourth-order valence-electron chi connectivity index (χ4n) is 3.47. The number of ether oxygens (including phenoxy) is 2. The van der Waals surface area contributed by atoms with Crippen LogP contribution in [0.5, 0.6) is 11.5 Å². The Hall–Kier alpha value is -4.19. The number of benzene rings is 2. The number of methoxy groups -OCH3 is 1. The summed E-state index contributed by atoms with van der Waals surface area (Å²) in [5, 5.41) is 5.35. The first-order chi connectivity index (χ1) is 17.1. The van der Waals surface area contributed by atoms with Crippen molar-refractivity contribution in [2.45, 2.75) is 12.6 Å². The van der Waals surface area contributed by atoms with Crippen LogP contribution in [0, 0.1) is 5.82 Å². The molecular weight excluding hydrogens is 482 g/mol. The summed E-state index contributed by atoms with van der Waals surface area (Å²) in [7, 11) is 3.09. The molecule has 0 fully saturated rings. The van der Waals surface area contributed by atoms with E-state index < -0.39 is 18.4 Å². The second-order valence-corrected chi connectivity index (χ2v) is 7.84. The van der Waals surface area contributed by atoms with Gasteiger partial charge in [0.15, 0.2) is 0 Å². The van der Waals surface area contributed by atoms with Gasteiger partial charge in [0.1, 0.15) is 29.7 Å². The fourth-order valence-corrected chi connectivity index (χ4v) is 3.47. The maximum Gasteiger partial charge on any atom is 0.393 e. The van der Waals surface area contributed by atoms with Gasteiger partial charge in [-0.25, -0.2) is 14.4 Å². The van der Waals surface area contributed by atoms with Crippen molar-refractivity contribution < 1.29 is 31.8 Å². The van der Waals surface area contributed by atoms with Crippen molar-refractivity contribution in [1.29, 1.82) is 0 Å². The minimum absolute atomic E-state index is 0.0732. The van der Waals surface area contributed by atoms with E-state index in [0.717, 1.165) is 18.2 Å². The highest BCUT2D eigenvalue weighted by molar-refractivity contribution is 5.90. The molecule has 0 aliphatic rings. The highest BCUT2D eigenvalue weighted by atomic mass is 19.4. The van der Waals surface area contributed by atoms with E-state index in [2.05, 4.69) is 20.6 Å². The molecule has 2 N–H and O–H groups in total. The number of anilines is 3. The lowest BCUT2D eigenvalue weighted by Gasteiger charge is -2.11. The van der Waals surface area contributed by atoms with Crippen LogP contribution in [0.1, 0.15) is 5.56 Å². The number of fused-ring (bicyclic) bond motifs is 1. The molecule has 0 atom stereocenters. The third kappa shape index (κ3) is 6.08. The number of rotatable bonds is 8. The molecular formula is C24H21F4N5O3. The van der Waals surface area contributed by atoms with Gasteiger partial charge in [-0.05, 0) is 35.9 Å². The molecule has 12 heteroatoms. The molecule has 2 aromatic carbocycles. The zero-order valence-electron chi connectivity index (χ0n) is 19.2. The Morgan fingerprint density at radius 3 is 2.61 bits per heavy atom. The number of carbonyl (C=O) groups excluding carboxylic acids is 1. The number of aryl methyl sites for hydroxylation is 1. The van der Waals surface area contributed by atoms with Gasteiger partial charge in [-0.15, -0.1) is 0 Å². The first kappa shape index (κ1) is 24.9. The number of hydrogen-bond donors (Lipinski definition) is 2. The fraction of sp³-hybridized carbons (Fsp3) is 0.208. The van der Waals surface area contributed by atoms with Crippen molar-refractivity contribution in [2.75, 3.05) is 24.4 Å². The standard InChI is InChI=1S/C24H21F4N5O3/c1-33-20-6-4-15(36-16-7-8-29-21(11-16)32-22(34)13-35-2)10-19(20)31-23(33)30-18-9-14(3-5-17(18)25)12-24(26,27)28/h3-11H,12-13H2,1-2H3,(H,30,31)(H,29,32,34). The molecule has 2 heterocycles. The molecule has 4 aromatic rings. The van der Waals surface area contributed by atoms with Gasteiger partial charge in [-0.3, -0.25) is 4.79 Å². The first-order valence-electron chi connectivity index (χ1n) is 10.6. The van der Waals surface area contributed by atoms with Gasteiger partial charge in [-0.1, -0.05) is 6.07 Å². The number of halogens is 4. The zero-order chi connectivity index (χ0) is 25.9. The normalized spacial score (nSPS) is 11.5. The molecule has 188 valence electrons. The first-order valence-corrected chi connectivity index (χ1v) is 10.6. The Bertz CT molecular complexity index is 1400. The van der Waals surface area contributed by atoms with E-state index in [1.165, 1.54) is 13.3 Å². The number of pyridine rings is 1. The topological polar surface area (TPSA) is 90.3 Å². The van der Waals surface area contributed by atoms with Gasteiger partial charge in [0.2, 0.25) is 5.95 Å². The Balaban J connectivity index is 1.54. The molecule has 2 aromatic heterocycles. The number of hydrogen-bond acceptors (Lipinski definition) is 6. The number of carbonyl (C=O) groups is 1. The SMILES string of the molecule is COCC(=O)Nc1cc(Oc2ccc3c(c2)nc(Nc2cc(CC(F)(F)F)ccc2F)n3C)ccn1. The van der Waals surface area contributed by atoms with Crippen LogP contribution in [-0.4, -0.2) is 40.3 Å². The Morgan fingerprint density at radius 2 is 1.86 bits per heavy atom. The van der Waals surface area contributed by atoms with Crippen LogP contribution >= 0.6 is 0 Å². The second kappa shape index (κ2) is 10.2. The summed E-state index contributed by atoms with van der Waals surface area (Å²) in [4.78, 5) is 20.2. The van der Waals surface area contributed by atoms with Gasteiger partial charge in [0.05, 0.1) is 23.1 Å². The van der Waals surface area contributed by atoms with Crippen LogP contribution in [0.4, 0.5) is 35.0 Å². The highest BCUT2D eigenvalue weighted by Crippen LogP contribution is 2.30. The molecule has 0 saturated heterocycles. The molecule has 36 heavy (non-hydrogen) atoms. The number of alkyl halides is 3. The van der Waals surface area contributed by atoms with E-state index in [1.807, 2.05) is 0 Å². The number of nitrogens with zero attached hydrogens (tertiary/aromatic N) is 3. The van der Waals surface area contributed by atoms with Gasteiger partial charge in [-0.2, -0.15) is 13.2 Å². The maximum absolute atomic E-state index is 14.3. The molecule has 0 saturated carbocycles. The summed E-state index contributed by atoms with van der Waals surface area (Å²) in [6.07, 6.45) is -4.10. The van der Waals surface area contributed by atoms with E-state index in [-0.39, 0.29) is 35.5 Å². The van der Waals surface area contributed by atoms with Crippen molar-refractivity contribution in [3.8, 4) is 11.5 Å². The molecule has 0 spiro atoms. The predicted molar refractivity (Wildman–Crippen MR) is 125 cm³/mol. The second-order valence-electron chi connectivity index (χ2n) is 7.84. The maximum atomic E-state index is 14.3. The van der Waals surface area contributed by atoms with Gasteiger partial charge >= 0.3 is 6.18 Å². The van der Waals surface area contributed by atoms with Crippen LogP contribution in [0.3, 0.4) is 0 Å². The Kier molecular flexibility index (Phi) is 7.06. The highest BCUT2D eigenvalue weighted by Gasteiger charge is 2.28. The summed E-state index contributed by atoms with van der Waals surface area (Å²) in [6, 6.07) is 11.4. The van der Waals surface area contributed by atoms with Gasteiger partial charge < -0.3 is 24.7 Å². The van der Waals surface area contributed by atoms with E-state index in [1.54, 1.807) is 41.9 Å². The third-order valence-electron chi connectivity index (χ3n) is 5.04. The van der Waals surface area contributed by atoms with Crippen molar-refractivity contribution in [1.82, 2.24) is 14.5 Å². The van der Waals surface area contributed by atoms with Crippen molar-refractivity contribution >= 4 is 34.4 Å². The van der Waals surface area contributed by atoms with E-state index in [4.69, 9.17) is 9.47 Å². The van der Waals surface area contributed by atoms with Crippen molar-refractivity contribution in [3.63, 3.8) is 0 Å². The molecule has 4 rings (SSSR count). The number of amides is 1. The Morgan fingerprint density at radius 1 is 1.08 bits per heavy atom. The summed E-state index contributed by atoms with van der Waals surface area (Å²) >= 11 is 0. The minimum Gasteiger partial charge on any atom is -0.457 e. The summed E-state index contributed by atoms with van der Waals surface area (Å²) in [5.74, 6) is 0.299. The molecule has 0 aliphatic heterocycles. The number of nitrogens with one attached hydrogen (secondary N) is 2. The summed E-state index contributed by atoms with van der Waals surface area (Å²) in [5.41, 5.74) is 0.994. The van der Waals surface area contributed by atoms with E-state index in [9.17, 15) is 22.4 Å². The quantitative estimate of drug-likeness (QED) is 0.316. The monoisotopic (exact) mass is 503 g/mol. The van der Waals surface area contributed by atoms with Gasteiger partial charge in [0, 0.05) is 32.5 Å². The van der Waals surface area contributed by atoms with Crippen LogP contribution < -0.4 is 15.4 Å². The molecule has 8 nitrogen and oxygen atoms in total. The molecule has 0 bridgehead atoms. The number of imidazole rings is 1. The van der Waals surface area contributed by atoms with Crippen LogP contribution in [0.2, 0.25) is 0 Å². The van der Waals surface area contributed by atoms with Crippen molar-refractivity contribution in [3.05, 3.63) is 66.1 Å². The minimum atomic E-state index is -4.41. The molecule has 0 aliphatic carbocycles. The van der Waals surface area contributed by atoms with Crippen molar-refractivity contribution in [2.24, 2.45) is 7.05 Å². The van der Waals surface area contributed by atoms with Crippen LogP contribution in [0.15, 0.2) is 54.7 Å². The zero-order valence-corrected chi connectivity index (χ0v) is 19.2. The molecule has 0 radical (unpaired) electrons. The number of aromatic nitrogens is 3. The average molecular weight is 503 g/mol. The third-order valence-corrected chi connectivity index (χ3v) is 5.04. The predicted octanol–water partition coefficient (Wildman–Crippen LogP) is 5.33. The lowest BCUT2D eigenvalue weighted by Crippen LogP contribution is -2.17. The average Bonchev–Trinajstić information content (AvgIpc) is 3.10. The van der Waals surface area contributed by atoms with Crippen LogP contribution in [0.25, 0.3) is 11.0 Å².